The van der Waals surface area contributed by atoms with Gasteiger partial charge in [0, 0.05) is 29.6 Å². The summed E-state index contributed by atoms with van der Waals surface area (Å²) in [5, 5.41) is 4.73. The minimum atomic E-state index is 0.315. The standard InChI is InChI=1S/C16H21N3O/c1-4-14-6-5-9-19-16(20-14)12(3)15(18-19)13-8-7-11(2)17-10-13/h7-8,10,14H,4-6,9H2,1-3H3. The number of nitrogens with zero attached hydrogens (tertiary/aromatic N) is 3. The molecule has 0 aromatic carbocycles. The van der Waals surface area contributed by atoms with E-state index >= 15 is 0 Å². The van der Waals surface area contributed by atoms with E-state index in [1.807, 2.05) is 23.9 Å². The Morgan fingerprint density at radius 3 is 2.90 bits per heavy atom. The van der Waals surface area contributed by atoms with Crippen molar-refractivity contribution in [1.29, 1.82) is 0 Å². The van der Waals surface area contributed by atoms with Gasteiger partial charge in [-0.05, 0) is 45.2 Å². The quantitative estimate of drug-likeness (QED) is 0.839. The first-order chi connectivity index (χ1) is 9.69. The molecule has 4 heteroatoms. The molecule has 0 saturated heterocycles. The molecule has 20 heavy (non-hydrogen) atoms. The number of aryl methyl sites for hydroxylation is 2. The van der Waals surface area contributed by atoms with Gasteiger partial charge in [-0.1, -0.05) is 6.92 Å². The summed E-state index contributed by atoms with van der Waals surface area (Å²) in [6, 6.07) is 4.10. The lowest BCUT2D eigenvalue weighted by atomic mass is 10.1. The molecule has 0 bridgehead atoms. The maximum Gasteiger partial charge on any atom is 0.215 e. The molecule has 1 aliphatic rings. The third kappa shape index (κ3) is 2.30. The molecule has 4 nitrogen and oxygen atoms in total. The molecule has 0 spiro atoms. The molecule has 1 unspecified atom stereocenters. The third-order valence-corrected chi connectivity index (χ3v) is 3.95. The molecule has 0 fully saturated rings. The van der Waals surface area contributed by atoms with E-state index in [0.29, 0.717) is 6.10 Å². The van der Waals surface area contributed by atoms with Gasteiger partial charge < -0.3 is 4.74 Å². The molecule has 106 valence electrons. The Hall–Kier alpha value is -1.84. The normalized spacial score (nSPS) is 18.2. The van der Waals surface area contributed by atoms with Crippen LogP contribution in [0.5, 0.6) is 5.88 Å². The predicted molar refractivity (Wildman–Crippen MR) is 78.9 cm³/mol. The van der Waals surface area contributed by atoms with E-state index in [1.165, 1.54) is 0 Å². The monoisotopic (exact) mass is 271 g/mol. The fraction of sp³-hybridized carbons (Fsp3) is 0.500. The third-order valence-electron chi connectivity index (χ3n) is 3.95. The van der Waals surface area contributed by atoms with Crippen LogP contribution in [0, 0.1) is 13.8 Å². The average molecular weight is 271 g/mol. The van der Waals surface area contributed by atoms with Crippen LogP contribution in [0.3, 0.4) is 0 Å². The topological polar surface area (TPSA) is 39.9 Å². The fourth-order valence-corrected chi connectivity index (χ4v) is 2.69. The van der Waals surface area contributed by atoms with Crippen LogP contribution in [0.15, 0.2) is 18.3 Å². The number of hydrogen-bond donors (Lipinski definition) is 0. The SMILES string of the molecule is CCC1CCCn2nc(-c3ccc(C)nc3)c(C)c2O1. The molecule has 0 amide bonds. The van der Waals surface area contributed by atoms with Crippen LogP contribution in [-0.4, -0.2) is 20.9 Å². The molecule has 1 atom stereocenters. The van der Waals surface area contributed by atoms with Crippen LogP contribution in [0.1, 0.15) is 37.4 Å². The van der Waals surface area contributed by atoms with E-state index in [-0.39, 0.29) is 0 Å². The number of aromatic nitrogens is 3. The summed E-state index contributed by atoms with van der Waals surface area (Å²) in [5.74, 6) is 0.935. The van der Waals surface area contributed by atoms with Crippen molar-refractivity contribution < 1.29 is 4.74 Å². The first-order valence-electron chi connectivity index (χ1n) is 7.36. The van der Waals surface area contributed by atoms with Crippen LogP contribution in [0.4, 0.5) is 0 Å². The number of fused-ring (bicyclic) bond motifs is 1. The van der Waals surface area contributed by atoms with Gasteiger partial charge in [0.15, 0.2) is 0 Å². The van der Waals surface area contributed by atoms with Crippen LogP contribution in [0.2, 0.25) is 0 Å². The number of rotatable bonds is 2. The molecule has 0 aliphatic carbocycles. The summed E-state index contributed by atoms with van der Waals surface area (Å²) < 4.78 is 8.16. The van der Waals surface area contributed by atoms with Crippen molar-refractivity contribution in [3.63, 3.8) is 0 Å². The van der Waals surface area contributed by atoms with Crippen molar-refractivity contribution in [2.24, 2.45) is 0 Å². The van der Waals surface area contributed by atoms with Gasteiger partial charge in [-0.2, -0.15) is 5.10 Å². The van der Waals surface area contributed by atoms with Gasteiger partial charge in [-0.15, -0.1) is 0 Å². The van der Waals surface area contributed by atoms with Crippen molar-refractivity contribution in [1.82, 2.24) is 14.8 Å². The van der Waals surface area contributed by atoms with Gasteiger partial charge in [-0.3, -0.25) is 4.98 Å². The molecule has 3 rings (SSSR count). The van der Waals surface area contributed by atoms with Gasteiger partial charge in [0.25, 0.3) is 0 Å². The van der Waals surface area contributed by atoms with E-state index in [1.54, 1.807) is 0 Å². The first-order valence-corrected chi connectivity index (χ1v) is 7.36. The first kappa shape index (κ1) is 13.2. The molecule has 2 aromatic heterocycles. The summed E-state index contributed by atoms with van der Waals surface area (Å²) in [6.07, 6.45) is 5.49. The van der Waals surface area contributed by atoms with Gasteiger partial charge in [-0.25, -0.2) is 4.68 Å². The van der Waals surface area contributed by atoms with Crippen molar-refractivity contribution in [3.8, 4) is 17.1 Å². The second-order valence-electron chi connectivity index (χ2n) is 5.48. The lowest BCUT2D eigenvalue weighted by Crippen LogP contribution is -2.14. The lowest BCUT2D eigenvalue weighted by molar-refractivity contribution is 0.183. The lowest BCUT2D eigenvalue weighted by Gasteiger charge is -2.14. The zero-order valence-corrected chi connectivity index (χ0v) is 12.4. The molecule has 2 aromatic rings. The number of pyridine rings is 1. The Bertz CT molecular complexity index is 601. The van der Waals surface area contributed by atoms with E-state index in [4.69, 9.17) is 9.84 Å². The zero-order valence-electron chi connectivity index (χ0n) is 12.4. The van der Waals surface area contributed by atoms with Crippen molar-refractivity contribution in [2.75, 3.05) is 0 Å². The molecular weight excluding hydrogens is 250 g/mol. The van der Waals surface area contributed by atoms with Crippen molar-refractivity contribution in [2.45, 2.75) is 52.7 Å². The van der Waals surface area contributed by atoms with E-state index in [9.17, 15) is 0 Å². The van der Waals surface area contributed by atoms with Crippen LogP contribution >= 0.6 is 0 Å². The summed E-state index contributed by atoms with van der Waals surface area (Å²) in [5.41, 5.74) is 4.19. The van der Waals surface area contributed by atoms with Crippen LogP contribution in [0.25, 0.3) is 11.3 Å². The average Bonchev–Trinajstić information content (AvgIpc) is 2.64. The predicted octanol–water partition coefficient (Wildman–Crippen LogP) is 3.51. The van der Waals surface area contributed by atoms with E-state index in [2.05, 4.69) is 24.9 Å². The van der Waals surface area contributed by atoms with Gasteiger partial charge in [0.1, 0.15) is 11.8 Å². The van der Waals surface area contributed by atoms with Gasteiger partial charge in [0.05, 0.1) is 0 Å². The largest absolute Gasteiger partial charge is 0.474 e. The second-order valence-corrected chi connectivity index (χ2v) is 5.48. The summed E-state index contributed by atoms with van der Waals surface area (Å²) in [4.78, 5) is 4.36. The van der Waals surface area contributed by atoms with Crippen LogP contribution in [-0.2, 0) is 6.54 Å². The second kappa shape index (κ2) is 5.27. The van der Waals surface area contributed by atoms with Gasteiger partial charge in [0.2, 0.25) is 5.88 Å². The van der Waals surface area contributed by atoms with E-state index < -0.39 is 0 Å². The highest BCUT2D eigenvalue weighted by molar-refractivity contribution is 5.64. The highest BCUT2D eigenvalue weighted by Crippen LogP contribution is 2.32. The number of hydrogen-bond acceptors (Lipinski definition) is 3. The molecule has 1 aliphatic heterocycles. The summed E-state index contributed by atoms with van der Waals surface area (Å²) in [7, 11) is 0. The maximum absolute atomic E-state index is 6.14. The summed E-state index contributed by atoms with van der Waals surface area (Å²) >= 11 is 0. The minimum Gasteiger partial charge on any atom is -0.474 e. The molecular formula is C16H21N3O. The molecule has 0 radical (unpaired) electrons. The highest BCUT2D eigenvalue weighted by atomic mass is 16.5. The Kier molecular flexibility index (Phi) is 3.47. The Morgan fingerprint density at radius 1 is 1.35 bits per heavy atom. The van der Waals surface area contributed by atoms with Crippen molar-refractivity contribution >= 4 is 0 Å². The Labute approximate surface area is 119 Å². The summed E-state index contributed by atoms with van der Waals surface area (Å²) in [6.45, 7) is 7.20. The zero-order chi connectivity index (χ0) is 14.1. The highest BCUT2D eigenvalue weighted by Gasteiger charge is 2.22. The minimum absolute atomic E-state index is 0.315. The van der Waals surface area contributed by atoms with Crippen LogP contribution < -0.4 is 4.74 Å². The fourth-order valence-electron chi connectivity index (χ4n) is 2.69. The van der Waals surface area contributed by atoms with E-state index in [0.717, 1.165) is 54.2 Å². The Balaban J connectivity index is 2.01. The molecule has 0 N–H and O–H groups in total. The van der Waals surface area contributed by atoms with Crippen molar-refractivity contribution in [3.05, 3.63) is 29.6 Å². The molecule has 3 heterocycles. The Morgan fingerprint density at radius 2 is 2.20 bits per heavy atom. The van der Waals surface area contributed by atoms with Gasteiger partial charge >= 0.3 is 0 Å². The maximum atomic E-state index is 6.14. The smallest absolute Gasteiger partial charge is 0.215 e. The number of ether oxygens (including phenoxy) is 1. The molecule has 0 saturated carbocycles.